The molecule has 26 heavy (non-hydrogen) atoms. The Morgan fingerprint density at radius 1 is 1.08 bits per heavy atom. The van der Waals surface area contributed by atoms with Crippen molar-refractivity contribution in [3.05, 3.63) is 79.9 Å². The highest BCUT2D eigenvalue weighted by Crippen LogP contribution is 2.48. The van der Waals surface area contributed by atoms with Crippen molar-refractivity contribution < 1.29 is 14.0 Å². The van der Waals surface area contributed by atoms with E-state index in [0.717, 1.165) is 23.3 Å². The molecular formula is C20H16FNO2S2. The van der Waals surface area contributed by atoms with Gasteiger partial charge < -0.3 is 5.32 Å². The molecule has 4 rings (SSSR count). The van der Waals surface area contributed by atoms with Crippen molar-refractivity contribution in [1.29, 1.82) is 0 Å². The van der Waals surface area contributed by atoms with Gasteiger partial charge in [0.15, 0.2) is 0 Å². The Labute approximate surface area is 158 Å². The second kappa shape index (κ2) is 6.78. The minimum Gasteiger partial charge on any atom is -0.350 e. The number of benzene rings is 1. The molecule has 1 aliphatic carbocycles. The average Bonchev–Trinajstić information content (AvgIpc) is 3.08. The van der Waals surface area contributed by atoms with E-state index in [-0.39, 0.29) is 17.5 Å². The Hall–Kier alpha value is -2.31. The summed E-state index contributed by atoms with van der Waals surface area (Å²) < 4.78 is 13.1. The Morgan fingerprint density at radius 2 is 1.85 bits per heavy atom. The van der Waals surface area contributed by atoms with Crippen molar-refractivity contribution in [3.8, 4) is 0 Å². The zero-order chi connectivity index (χ0) is 18.1. The van der Waals surface area contributed by atoms with Crippen LogP contribution in [0.3, 0.4) is 0 Å². The second-order valence-electron chi connectivity index (χ2n) is 6.38. The Bertz CT molecular complexity index is 941. The Balaban J connectivity index is 1.41. The highest BCUT2D eigenvalue weighted by atomic mass is 32.1. The summed E-state index contributed by atoms with van der Waals surface area (Å²) in [5, 5.41) is 6.69. The van der Waals surface area contributed by atoms with Crippen molar-refractivity contribution >= 4 is 34.4 Å². The van der Waals surface area contributed by atoms with Gasteiger partial charge in [-0.1, -0.05) is 12.1 Å². The summed E-state index contributed by atoms with van der Waals surface area (Å²) in [4.78, 5) is 26.6. The van der Waals surface area contributed by atoms with E-state index in [0.29, 0.717) is 17.0 Å². The van der Waals surface area contributed by atoms with Gasteiger partial charge in [-0.05, 0) is 54.1 Å². The third-order valence-corrected chi connectivity index (χ3v) is 6.44. The number of nitrogens with one attached hydrogen (secondary N) is 1. The maximum atomic E-state index is 13.1. The summed E-state index contributed by atoms with van der Waals surface area (Å²) in [6.45, 7) is 0.392. The largest absolute Gasteiger partial charge is 0.350 e. The number of halogens is 1. The van der Waals surface area contributed by atoms with E-state index >= 15 is 0 Å². The molecular weight excluding hydrogens is 369 g/mol. The molecule has 0 spiro atoms. The van der Waals surface area contributed by atoms with Crippen LogP contribution in [0.2, 0.25) is 0 Å². The second-order valence-corrected chi connectivity index (χ2v) is 8.33. The predicted molar refractivity (Wildman–Crippen MR) is 101 cm³/mol. The van der Waals surface area contributed by atoms with Crippen LogP contribution in [0.15, 0.2) is 53.2 Å². The molecule has 0 atom stereocenters. The van der Waals surface area contributed by atoms with Gasteiger partial charge >= 0.3 is 0 Å². The van der Waals surface area contributed by atoms with Crippen molar-refractivity contribution in [2.75, 3.05) is 0 Å². The highest BCUT2D eigenvalue weighted by Gasteiger charge is 2.51. The van der Waals surface area contributed by atoms with E-state index in [1.165, 1.54) is 34.8 Å². The van der Waals surface area contributed by atoms with Gasteiger partial charge in [-0.25, -0.2) is 4.39 Å². The number of ketones is 1. The lowest BCUT2D eigenvalue weighted by Gasteiger charge is -2.15. The van der Waals surface area contributed by atoms with Crippen molar-refractivity contribution in [2.24, 2.45) is 0 Å². The van der Waals surface area contributed by atoms with Crippen LogP contribution >= 0.6 is 22.7 Å². The van der Waals surface area contributed by atoms with Crippen LogP contribution in [0.4, 0.5) is 4.39 Å². The Kier molecular flexibility index (Phi) is 4.46. The fourth-order valence-electron chi connectivity index (χ4n) is 3.01. The first-order valence-corrected chi connectivity index (χ1v) is 10.0. The standard InChI is InChI=1S/C20H16FNO2S2/c21-15-3-1-14(2-4-15)20(8-9-20)19(24)22-11-16-5-6-17(26-16)18(23)13-7-10-25-12-13/h1-7,10,12H,8-9,11H2,(H,22,24). The summed E-state index contributed by atoms with van der Waals surface area (Å²) in [6.07, 6.45) is 1.55. The van der Waals surface area contributed by atoms with Gasteiger partial charge in [-0.2, -0.15) is 11.3 Å². The van der Waals surface area contributed by atoms with Crippen LogP contribution in [-0.2, 0) is 16.8 Å². The van der Waals surface area contributed by atoms with E-state index in [2.05, 4.69) is 5.32 Å². The molecule has 1 fully saturated rings. The van der Waals surface area contributed by atoms with E-state index in [4.69, 9.17) is 0 Å². The quantitative estimate of drug-likeness (QED) is 0.634. The number of amides is 1. The first-order valence-electron chi connectivity index (χ1n) is 8.28. The zero-order valence-corrected chi connectivity index (χ0v) is 15.5. The van der Waals surface area contributed by atoms with Crippen LogP contribution in [0, 0.1) is 5.82 Å². The number of rotatable bonds is 6. The van der Waals surface area contributed by atoms with Gasteiger partial charge in [-0.3, -0.25) is 9.59 Å². The molecule has 3 aromatic rings. The average molecular weight is 385 g/mol. The van der Waals surface area contributed by atoms with Gasteiger partial charge in [-0.15, -0.1) is 11.3 Å². The maximum absolute atomic E-state index is 13.1. The van der Waals surface area contributed by atoms with Crippen molar-refractivity contribution in [2.45, 2.75) is 24.8 Å². The summed E-state index contributed by atoms with van der Waals surface area (Å²) in [5.74, 6) is -0.326. The first kappa shape index (κ1) is 17.1. The van der Waals surface area contributed by atoms with Crippen molar-refractivity contribution in [1.82, 2.24) is 5.32 Å². The van der Waals surface area contributed by atoms with Crippen molar-refractivity contribution in [3.63, 3.8) is 0 Å². The zero-order valence-electron chi connectivity index (χ0n) is 13.8. The number of hydrogen-bond donors (Lipinski definition) is 1. The monoisotopic (exact) mass is 385 g/mol. The third kappa shape index (κ3) is 3.22. The smallest absolute Gasteiger partial charge is 0.230 e. The normalized spacial score (nSPS) is 14.8. The summed E-state index contributed by atoms with van der Waals surface area (Å²) in [7, 11) is 0. The predicted octanol–water partition coefficient (Wildman–Crippen LogP) is 4.53. The number of hydrogen-bond acceptors (Lipinski definition) is 4. The van der Waals surface area contributed by atoms with Gasteiger partial charge in [0.1, 0.15) is 5.82 Å². The van der Waals surface area contributed by atoms with Gasteiger partial charge in [0.2, 0.25) is 11.7 Å². The molecule has 1 N–H and O–H groups in total. The fourth-order valence-corrected chi connectivity index (χ4v) is 4.55. The van der Waals surface area contributed by atoms with Crippen LogP contribution in [0.5, 0.6) is 0 Å². The molecule has 6 heteroatoms. The maximum Gasteiger partial charge on any atom is 0.230 e. The lowest BCUT2D eigenvalue weighted by molar-refractivity contribution is -0.123. The first-order chi connectivity index (χ1) is 12.6. The molecule has 1 aliphatic rings. The minimum atomic E-state index is -0.527. The van der Waals surface area contributed by atoms with Crippen LogP contribution in [-0.4, -0.2) is 11.7 Å². The van der Waals surface area contributed by atoms with Gasteiger partial charge in [0.25, 0.3) is 0 Å². The molecule has 0 saturated heterocycles. The SMILES string of the molecule is O=C(c1ccsc1)c1ccc(CNC(=O)C2(c3ccc(F)cc3)CC2)s1. The molecule has 2 aromatic heterocycles. The molecule has 2 heterocycles. The Morgan fingerprint density at radius 3 is 2.50 bits per heavy atom. The molecule has 0 unspecified atom stereocenters. The fraction of sp³-hybridized carbons (Fsp3) is 0.200. The molecule has 0 radical (unpaired) electrons. The van der Waals surface area contributed by atoms with E-state index in [1.54, 1.807) is 18.2 Å². The van der Waals surface area contributed by atoms with Gasteiger partial charge in [0.05, 0.1) is 16.8 Å². The van der Waals surface area contributed by atoms with Gasteiger partial charge in [0, 0.05) is 15.8 Å². The molecule has 3 nitrogen and oxygen atoms in total. The summed E-state index contributed by atoms with van der Waals surface area (Å²) in [6, 6.07) is 11.7. The number of thiophene rings is 2. The minimum absolute atomic E-state index is 0.0128. The number of carbonyl (C=O) groups is 2. The third-order valence-electron chi connectivity index (χ3n) is 4.67. The summed E-state index contributed by atoms with van der Waals surface area (Å²) in [5.41, 5.74) is 1.02. The summed E-state index contributed by atoms with van der Waals surface area (Å²) >= 11 is 2.90. The molecule has 0 aliphatic heterocycles. The van der Waals surface area contributed by atoms with E-state index in [9.17, 15) is 14.0 Å². The molecule has 1 amide bonds. The highest BCUT2D eigenvalue weighted by molar-refractivity contribution is 7.14. The van der Waals surface area contributed by atoms with E-state index in [1.807, 2.05) is 22.9 Å². The van der Waals surface area contributed by atoms with E-state index < -0.39 is 5.41 Å². The molecule has 1 aromatic carbocycles. The lowest BCUT2D eigenvalue weighted by Crippen LogP contribution is -2.34. The molecule has 132 valence electrons. The molecule has 0 bridgehead atoms. The topological polar surface area (TPSA) is 46.2 Å². The van der Waals surface area contributed by atoms with Crippen LogP contribution in [0.25, 0.3) is 0 Å². The lowest BCUT2D eigenvalue weighted by atomic mass is 9.95. The number of carbonyl (C=O) groups excluding carboxylic acids is 2. The van der Waals surface area contributed by atoms with Crippen LogP contribution in [0.1, 0.15) is 38.5 Å². The van der Waals surface area contributed by atoms with Crippen LogP contribution < -0.4 is 5.32 Å². The molecule has 1 saturated carbocycles.